The summed E-state index contributed by atoms with van der Waals surface area (Å²) in [4.78, 5) is 2.29. The number of anilines is 1. The van der Waals surface area contributed by atoms with Crippen LogP contribution in [0.1, 0.15) is 32.8 Å². The van der Waals surface area contributed by atoms with E-state index in [4.69, 9.17) is 0 Å². The van der Waals surface area contributed by atoms with E-state index in [1.807, 2.05) is 61.5 Å². The highest BCUT2D eigenvalue weighted by Crippen LogP contribution is 2.31. The maximum absolute atomic E-state index is 4.36. The Morgan fingerprint density at radius 2 is 1.26 bits per heavy atom. The molecule has 0 unspecified atom stereocenters. The zero-order valence-corrected chi connectivity index (χ0v) is 24.2. The summed E-state index contributed by atoms with van der Waals surface area (Å²) in [5.41, 5.74) is 5.91. The lowest BCUT2D eigenvalue weighted by Gasteiger charge is -2.20. The highest BCUT2D eigenvalue weighted by Gasteiger charge is 2.05. The summed E-state index contributed by atoms with van der Waals surface area (Å²) in [6.07, 6.45) is 1.09. The van der Waals surface area contributed by atoms with Crippen molar-refractivity contribution in [3.8, 4) is 0 Å². The molecule has 0 fully saturated rings. The van der Waals surface area contributed by atoms with Crippen molar-refractivity contribution in [2.45, 2.75) is 38.5 Å². The minimum Gasteiger partial charge on any atom is -0.372 e. The zero-order chi connectivity index (χ0) is 27.5. The van der Waals surface area contributed by atoms with Crippen molar-refractivity contribution < 1.29 is 0 Å². The number of aryl methyl sites for hydroxylation is 1. The summed E-state index contributed by atoms with van der Waals surface area (Å²) in [5, 5.41) is 34.7. The molecular formula is C28H31N9S2. The molecule has 39 heavy (non-hydrogen) atoms. The Balaban J connectivity index is 1.34. The summed E-state index contributed by atoms with van der Waals surface area (Å²) in [7, 11) is 0. The molecule has 0 saturated carbocycles. The second-order valence-electron chi connectivity index (χ2n) is 8.47. The van der Waals surface area contributed by atoms with Crippen molar-refractivity contribution in [2.24, 2.45) is 30.7 Å². The van der Waals surface area contributed by atoms with Gasteiger partial charge in [-0.15, -0.1) is 20.4 Å². The topological polar surface area (TPSA) is 103 Å². The molecule has 0 N–H and O–H groups in total. The molecule has 0 aliphatic carbocycles. The third kappa shape index (κ3) is 8.33. The van der Waals surface area contributed by atoms with E-state index in [0.717, 1.165) is 63.6 Å². The molecule has 0 atom stereocenters. The summed E-state index contributed by atoms with van der Waals surface area (Å²) in [6.45, 7) is 10.4. The van der Waals surface area contributed by atoms with E-state index in [9.17, 15) is 0 Å². The summed E-state index contributed by atoms with van der Waals surface area (Å²) < 4.78 is 0.912. The van der Waals surface area contributed by atoms with Crippen molar-refractivity contribution in [1.29, 1.82) is 0 Å². The molecule has 3 aromatic carbocycles. The van der Waals surface area contributed by atoms with Crippen molar-refractivity contribution in [2.75, 3.05) is 23.7 Å². The highest BCUT2D eigenvalue weighted by atomic mass is 32.2. The maximum Gasteiger partial charge on any atom is 0.252 e. The van der Waals surface area contributed by atoms with Gasteiger partial charge in [0.2, 0.25) is 0 Å². The minimum atomic E-state index is 0.549. The van der Waals surface area contributed by atoms with Gasteiger partial charge in [-0.1, -0.05) is 30.0 Å². The van der Waals surface area contributed by atoms with Gasteiger partial charge in [-0.3, -0.25) is 0 Å². The molecule has 0 saturated heterocycles. The van der Waals surface area contributed by atoms with Gasteiger partial charge in [0, 0.05) is 24.5 Å². The van der Waals surface area contributed by atoms with Crippen LogP contribution in [0.25, 0.3) is 0 Å². The third-order valence-electron chi connectivity index (χ3n) is 5.64. The molecular weight excluding hydrogens is 527 g/mol. The predicted molar refractivity (Wildman–Crippen MR) is 161 cm³/mol. The van der Waals surface area contributed by atoms with Gasteiger partial charge in [-0.25, -0.2) is 0 Å². The number of aromatic nitrogens is 2. The largest absolute Gasteiger partial charge is 0.372 e. The van der Waals surface area contributed by atoms with Crippen molar-refractivity contribution in [3.63, 3.8) is 0 Å². The first-order valence-electron chi connectivity index (χ1n) is 12.8. The van der Waals surface area contributed by atoms with Gasteiger partial charge in [0.25, 0.3) is 5.13 Å². The Labute approximate surface area is 237 Å². The van der Waals surface area contributed by atoms with Crippen LogP contribution in [0.4, 0.5) is 39.3 Å². The van der Waals surface area contributed by atoms with Gasteiger partial charge < -0.3 is 4.90 Å². The lowest BCUT2D eigenvalue weighted by Crippen LogP contribution is -2.21. The highest BCUT2D eigenvalue weighted by molar-refractivity contribution is 8.01. The fourth-order valence-electron chi connectivity index (χ4n) is 3.54. The molecule has 9 nitrogen and oxygen atoms in total. The average Bonchev–Trinajstić information content (AvgIpc) is 3.43. The van der Waals surface area contributed by atoms with Gasteiger partial charge in [0.1, 0.15) is 0 Å². The van der Waals surface area contributed by atoms with Crippen LogP contribution in [-0.4, -0.2) is 29.0 Å². The average molecular weight is 558 g/mol. The lowest BCUT2D eigenvalue weighted by atomic mass is 10.2. The monoisotopic (exact) mass is 557 g/mol. The van der Waals surface area contributed by atoms with Gasteiger partial charge in [0.15, 0.2) is 4.34 Å². The number of benzene rings is 3. The van der Waals surface area contributed by atoms with Crippen LogP contribution in [0.2, 0.25) is 0 Å². The molecule has 0 radical (unpaired) electrons. The Hall–Kier alpha value is -3.83. The molecule has 11 heteroatoms. The number of hydrogen-bond acceptors (Lipinski definition) is 11. The molecule has 200 valence electrons. The van der Waals surface area contributed by atoms with E-state index >= 15 is 0 Å². The molecule has 1 heterocycles. The molecule has 0 aliphatic heterocycles. The molecule has 0 spiro atoms. The molecule has 4 aromatic rings. The Morgan fingerprint density at radius 1 is 0.692 bits per heavy atom. The van der Waals surface area contributed by atoms with E-state index < -0.39 is 0 Å². The Kier molecular flexibility index (Phi) is 10.4. The number of azo groups is 3. The van der Waals surface area contributed by atoms with E-state index in [2.05, 4.69) is 78.7 Å². The maximum atomic E-state index is 4.36. The van der Waals surface area contributed by atoms with Crippen LogP contribution in [-0.2, 0) is 0 Å². The fraction of sp³-hybridized carbons (Fsp3) is 0.286. The summed E-state index contributed by atoms with van der Waals surface area (Å²) in [5.74, 6) is 1.02. The number of nitrogens with zero attached hydrogens (tertiary/aromatic N) is 9. The van der Waals surface area contributed by atoms with Crippen LogP contribution in [0.3, 0.4) is 0 Å². The van der Waals surface area contributed by atoms with Gasteiger partial charge in [0.05, 0.1) is 28.4 Å². The second kappa shape index (κ2) is 14.4. The quantitative estimate of drug-likeness (QED) is 0.128. The molecule has 1 aromatic heterocycles. The van der Waals surface area contributed by atoms with Gasteiger partial charge in [-0.2, -0.15) is 20.5 Å². The summed E-state index contributed by atoms with van der Waals surface area (Å²) in [6, 6.07) is 21.2. The number of hydrogen-bond donors (Lipinski definition) is 0. The second-order valence-corrected chi connectivity index (χ2v) is 10.8. The summed E-state index contributed by atoms with van der Waals surface area (Å²) >= 11 is 3.13. The molecule has 0 bridgehead atoms. The Bertz CT molecular complexity index is 1420. The van der Waals surface area contributed by atoms with E-state index in [1.165, 1.54) is 17.0 Å². The van der Waals surface area contributed by atoms with Crippen molar-refractivity contribution in [1.82, 2.24) is 10.2 Å². The van der Waals surface area contributed by atoms with Crippen LogP contribution in [0, 0.1) is 6.92 Å². The first-order valence-corrected chi connectivity index (χ1v) is 14.7. The van der Waals surface area contributed by atoms with Crippen LogP contribution < -0.4 is 4.90 Å². The normalized spacial score (nSPS) is 11.8. The van der Waals surface area contributed by atoms with Gasteiger partial charge >= 0.3 is 0 Å². The van der Waals surface area contributed by atoms with Crippen molar-refractivity contribution >= 4 is 62.4 Å². The zero-order valence-electron chi connectivity index (χ0n) is 22.5. The Morgan fingerprint density at radius 3 is 1.82 bits per heavy atom. The standard InChI is InChI=1S/C28H31N9S2/c1-5-18-38-28-36-35-27(39-28)34-33-26-17-14-24(19-20(26)4)32-31-22-10-8-21(9-11-22)29-30-23-12-15-25(16-13-23)37(6-2)7-3/h8-17,19H,5-7,18H2,1-4H3. The van der Waals surface area contributed by atoms with E-state index in [0.29, 0.717) is 5.13 Å². The van der Waals surface area contributed by atoms with Crippen LogP contribution >= 0.6 is 23.1 Å². The minimum absolute atomic E-state index is 0.549. The number of rotatable bonds is 12. The van der Waals surface area contributed by atoms with Crippen LogP contribution in [0.5, 0.6) is 0 Å². The lowest BCUT2D eigenvalue weighted by molar-refractivity contribution is 0.866. The SMILES string of the molecule is CCCSc1nnc(N=Nc2ccc(N=Nc3ccc(N=Nc4ccc(N(CC)CC)cc4)cc3)cc2C)s1. The first kappa shape index (κ1) is 28.2. The predicted octanol–water partition coefficient (Wildman–Crippen LogP) is 10.4. The molecule has 4 rings (SSSR count). The molecule has 0 amide bonds. The van der Waals surface area contributed by atoms with E-state index in [1.54, 1.807) is 11.8 Å². The van der Waals surface area contributed by atoms with Gasteiger partial charge in [-0.05, 0) is 99.5 Å². The third-order valence-corrected chi connectivity index (χ3v) is 7.79. The van der Waals surface area contributed by atoms with Crippen molar-refractivity contribution in [3.05, 3.63) is 72.3 Å². The number of thioether (sulfide) groups is 1. The first-order chi connectivity index (χ1) is 19.1. The fourth-order valence-corrected chi connectivity index (χ4v) is 5.12. The smallest absolute Gasteiger partial charge is 0.252 e. The van der Waals surface area contributed by atoms with E-state index in [-0.39, 0.29) is 0 Å². The molecule has 0 aliphatic rings. The van der Waals surface area contributed by atoms with Crippen LogP contribution in [0.15, 0.2) is 102 Å².